The highest BCUT2D eigenvalue weighted by molar-refractivity contribution is 5.86. The van der Waals surface area contributed by atoms with Crippen molar-refractivity contribution in [1.82, 2.24) is 10.2 Å². The smallest absolute Gasteiger partial charge is 0.255 e. The number of hydrogen-bond acceptors (Lipinski definition) is 3. The number of ether oxygens (including phenoxy) is 1. The normalized spacial score (nSPS) is 32.3. The van der Waals surface area contributed by atoms with E-state index < -0.39 is 5.60 Å². The highest BCUT2D eigenvalue weighted by Crippen LogP contribution is 2.30. The molecule has 104 valence electrons. The molecule has 2 aliphatic rings. The van der Waals surface area contributed by atoms with Crippen LogP contribution in [0.1, 0.15) is 39.5 Å². The lowest BCUT2D eigenvalue weighted by Gasteiger charge is -2.44. The van der Waals surface area contributed by atoms with Crippen LogP contribution in [0.5, 0.6) is 0 Å². The fourth-order valence-corrected chi connectivity index (χ4v) is 3.22. The molecule has 2 rings (SSSR count). The molecule has 1 N–H and O–H groups in total. The molecule has 1 amide bonds. The number of carbonyl (C=O) groups excluding carboxylic acids is 1. The maximum atomic E-state index is 12.8. The highest BCUT2D eigenvalue weighted by Gasteiger charge is 2.44. The van der Waals surface area contributed by atoms with Crippen molar-refractivity contribution in [2.24, 2.45) is 5.92 Å². The SMILES string of the molecule is COC1(C(=O)N2CCCC(C)C2C)CCNCC1. The molecule has 4 heteroatoms. The molecule has 0 spiro atoms. The van der Waals surface area contributed by atoms with Crippen LogP contribution in [0.3, 0.4) is 0 Å². The molecule has 0 saturated carbocycles. The van der Waals surface area contributed by atoms with Crippen molar-refractivity contribution < 1.29 is 9.53 Å². The first-order valence-electron chi connectivity index (χ1n) is 7.18. The summed E-state index contributed by atoms with van der Waals surface area (Å²) in [5.41, 5.74) is -0.573. The van der Waals surface area contributed by atoms with Gasteiger partial charge in [-0.25, -0.2) is 0 Å². The molecule has 0 aromatic heterocycles. The van der Waals surface area contributed by atoms with Crippen LogP contribution in [0.2, 0.25) is 0 Å². The highest BCUT2D eigenvalue weighted by atomic mass is 16.5. The second-order valence-corrected chi connectivity index (χ2v) is 5.81. The topological polar surface area (TPSA) is 41.6 Å². The third-order valence-electron chi connectivity index (χ3n) is 4.83. The Labute approximate surface area is 110 Å². The van der Waals surface area contributed by atoms with Crippen LogP contribution < -0.4 is 5.32 Å². The van der Waals surface area contributed by atoms with Crippen molar-refractivity contribution in [2.45, 2.75) is 51.2 Å². The number of nitrogens with zero attached hydrogens (tertiary/aromatic N) is 1. The average Bonchev–Trinajstić information content (AvgIpc) is 2.42. The lowest BCUT2D eigenvalue weighted by atomic mass is 9.86. The van der Waals surface area contributed by atoms with E-state index in [0.717, 1.165) is 38.9 Å². The Morgan fingerprint density at radius 3 is 2.61 bits per heavy atom. The Bertz CT molecular complexity index is 300. The quantitative estimate of drug-likeness (QED) is 0.810. The Morgan fingerprint density at radius 2 is 2.00 bits per heavy atom. The van der Waals surface area contributed by atoms with Crippen molar-refractivity contribution in [1.29, 1.82) is 0 Å². The number of nitrogens with one attached hydrogen (secondary N) is 1. The number of rotatable bonds is 2. The maximum Gasteiger partial charge on any atom is 0.255 e. The molecule has 0 radical (unpaired) electrons. The van der Waals surface area contributed by atoms with Crippen LogP contribution in [0.25, 0.3) is 0 Å². The van der Waals surface area contributed by atoms with Crippen molar-refractivity contribution in [2.75, 3.05) is 26.7 Å². The summed E-state index contributed by atoms with van der Waals surface area (Å²) >= 11 is 0. The molecule has 2 saturated heterocycles. The van der Waals surface area contributed by atoms with Crippen LogP contribution in [-0.4, -0.2) is 49.2 Å². The monoisotopic (exact) mass is 254 g/mol. The van der Waals surface area contributed by atoms with Gasteiger partial charge in [0.25, 0.3) is 5.91 Å². The van der Waals surface area contributed by atoms with Crippen molar-refractivity contribution in [3.8, 4) is 0 Å². The van der Waals surface area contributed by atoms with Crippen LogP contribution in [0, 0.1) is 5.92 Å². The van der Waals surface area contributed by atoms with Crippen LogP contribution in [0.4, 0.5) is 0 Å². The second kappa shape index (κ2) is 5.57. The van der Waals surface area contributed by atoms with E-state index in [4.69, 9.17) is 4.74 Å². The summed E-state index contributed by atoms with van der Waals surface area (Å²) in [6.45, 7) is 7.05. The van der Waals surface area contributed by atoms with Crippen LogP contribution in [-0.2, 0) is 9.53 Å². The van der Waals surface area contributed by atoms with Gasteiger partial charge in [-0.05, 0) is 51.6 Å². The third-order valence-corrected chi connectivity index (χ3v) is 4.83. The molecule has 2 heterocycles. The zero-order valence-corrected chi connectivity index (χ0v) is 11.9. The van der Waals surface area contributed by atoms with Crippen molar-refractivity contribution in [3.63, 3.8) is 0 Å². The number of amides is 1. The van der Waals surface area contributed by atoms with E-state index in [-0.39, 0.29) is 5.91 Å². The average molecular weight is 254 g/mol. The van der Waals surface area contributed by atoms with Crippen LogP contribution >= 0.6 is 0 Å². The predicted molar refractivity (Wildman–Crippen MR) is 71.4 cm³/mol. The first-order valence-corrected chi connectivity index (χ1v) is 7.18. The minimum Gasteiger partial charge on any atom is -0.368 e. The molecule has 18 heavy (non-hydrogen) atoms. The maximum absolute atomic E-state index is 12.8. The lowest BCUT2D eigenvalue weighted by Crippen LogP contribution is -2.59. The molecule has 2 unspecified atom stereocenters. The number of piperidine rings is 2. The molecular weight excluding hydrogens is 228 g/mol. The van der Waals surface area contributed by atoms with E-state index >= 15 is 0 Å². The molecule has 4 nitrogen and oxygen atoms in total. The van der Waals surface area contributed by atoms with E-state index in [2.05, 4.69) is 24.1 Å². The molecule has 0 aromatic rings. The van der Waals surface area contributed by atoms with Crippen molar-refractivity contribution in [3.05, 3.63) is 0 Å². The zero-order valence-electron chi connectivity index (χ0n) is 11.9. The predicted octanol–water partition coefficient (Wildman–Crippen LogP) is 1.40. The van der Waals surface area contributed by atoms with E-state index in [1.54, 1.807) is 7.11 Å². The molecule has 0 bridgehead atoms. The Hall–Kier alpha value is -0.610. The number of carbonyl (C=O) groups is 1. The molecule has 2 atom stereocenters. The lowest BCUT2D eigenvalue weighted by molar-refractivity contribution is -0.163. The number of hydrogen-bond donors (Lipinski definition) is 1. The van der Waals surface area contributed by atoms with Crippen LogP contribution in [0.15, 0.2) is 0 Å². The van der Waals surface area contributed by atoms with Gasteiger partial charge in [0.2, 0.25) is 0 Å². The summed E-state index contributed by atoms with van der Waals surface area (Å²) < 4.78 is 5.65. The largest absolute Gasteiger partial charge is 0.368 e. The van der Waals surface area contributed by atoms with Gasteiger partial charge in [-0.2, -0.15) is 0 Å². The molecular formula is C14H26N2O2. The van der Waals surface area contributed by atoms with Crippen molar-refractivity contribution >= 4 is 5.91 Å². The zero-order chi connectivity index (χ0) is 13.2. The van der Waals surface area contributed by atoms with E-state index in [1.165, 1.54) is 6.42 Å². The fraction of sp³-hybridized carbons (Fsp3) is 0.929. The summed E-state index contributed by atoms with van der Waals surface area (Å²) in [6, 6.07) is 0.341. The van der Waals surface area contributed by atoms with Gasteiger partial charge in [0, 0.05) is 19.7 Å². The van der Waals surface area contributed by atoms with Gasteiger partial charge in [0.05, 0.1) is 0 Å². The van der Waals surface area contributed by atoms with E-state index in [0.29, 0.717) is 12.0 Å². The Balaban J connectivity index is 2.12. The number of methoxy groups -OCH3 is 1. The summed E-state index contributed by atoms with van der Waals surface area (Å²) in [5, 5.41) is 3.30. The van der Waals surface area contributed by atoms with Gasteiger partial charge in [-0.1, -0.05) is 6.92 Å². The van der Waals surface area contributed by atoms with Gasteiger partial charge in [-0.3, -0.25) is 4.79 Å². The first kappa shape index (κ1) is 13.8. The fourth-order valence-electron chi connectivity index (χ4n) is 3.22. The molecule has 2 fully saturated rings. The molecule has 0 aromatic carbocycles. The molecule has 0 aliphatic carbocycles. The van der Waals surface area contributed by atoms with Gasteiger partial charge in [0.1, 0.15) is 5.60 Å². The minimum absolute atomic E-state index is 0.213. The summed E-state index contributed by atoms with van der Waals surface area (Å²) in [4.78, 5) is 14.9. The Morgan fingerprint density at radius 1 is 1.33 bits per heavy atom. The van der Waals surface area contributed by atoms with Gasteiger partial charge in [0.15, 0.2) is 0 Å². The first-order chi connectivity index (χ1) is 8.60. The minimum atomic E-state index is -0.573. The van der Waals surface area contributed by atoms with E-state index in [1.807, 2.05) is 0 Å². The Kier molecular flexibility index (Phi) is 4.28. The van der Waals surface area contributed by atoms with E-state index in [9.17, 15) is 4.79 Å². The summed E-state index contributed by atoms with van der Waals surface area (Å²) in [7, 11) is 1.68. The van der Waals surface area contributed by atoms with Gasteiger partial charge in [-0.15, -0.1) is 0 Å². The summed E-state index contributed by atoms with van der Waals surface area (Å²) in [6.07, 6.45) is 3.93. The third kappa shape index (κ3) is 2.41. The second-order valence-electron chi connectivity index (χ2n) is 5.81. The number of likely N-dealkylation sites (tertiary alicyclic amines) is 1. The summed E-state index contributed by atoms with van der Waals surface area (Å²) in [5.74, 6) is 0.809. The van der Waals surface area contributed by atoms with Gasteiger partial charge >= 0.3 is 0 Å². The molecule has 2 aliphatic heterocycles. The van der Waals surface area contributed by atoms with Gasteiger partial charge < -0.3 is 15.0 Å². The standard InChI is InChI=1S/C14H26N2O2/c1-11-5-4-10-16(12(11)2)13(17)14(18-3)6-8-15-9-7-14/h11-12,15H,4-10H2,1-3H3.